The van der Waals surface area contributed by atoms with E-state index in [9.17, 15) is 9.59 Å². The molecule has 1 fully saturated rings. The Morgan fingerprint density at radius 3 is 2.47 bits per heavy atom. The Bertz CT molecular complexity index is 1230. The SMILES string of the molecule is O=C(Nc1ccccc1-n1cccc1)[C@@H]1CCCN1C(=O)CC(c1ccccc1)c1ccco1. The molecule has 5 rings (SSSR count). The van der Waals surface area contributed by atoms with Gasteiger partial charge in [-0.25, -0.2) is 0 Å². The number of rotatable bonds is 7. The van der Waals surface area contributed by atoms with Crippen molar-refractivity contribution in [1.82, 2.24) is 9.47 Å². The van der Waals surface area contributed by atoms with E-state index in [0.717, 1.165) is 29.1 Å². The summed E-state index contributed by atoms with van der Waals surface area (Å²) in [5.41, 5.74) is 2.63. The summed E-state index contributed by atoms with van der Waals surface area (Å²) in [7, 11) is 0. The molecule has 1 aliphatic heterocycles. The van der Waals surface area contributed by atoms with Crippen LogP contribution in [-0.2, 0) is 9.59 Å². The van der Waals surface area contributed by atoms with Crippen molar-refractivity contribution in [1.29, 1.82) is 0 Å². The molecule has 0 saturated carbocycles. The van der Waals surface area contributed by atoms with Crippen molar-refractivity contribution in [3.8, 4) is 5.69 Å². The summed E-state index contributed by atoms with van der Waals surface area (Å²) >= 11 is 0. The maximum Gasteiger partial charge on any atom is 0.247 e. The number of nitrogens with zero attached hydrogens (tertiary/aromatic N) is 2. The van der Waals surface area contributed by atoms with Gasteiger partial charge in [-0.1, -0.05) is 42.5 Å². The van der Waals surface area contributed by atoms with Crippen LogP contribution in [0.25, 0.3) is 5.69 Å². The first-order valence-corrected chi connectivity index (χ1v) is 11.6. The quantitative estimate of drug-likeness (QED) is 0.417. The minimum Gasteiger partial charge on any atom is -0.469 e. The zero-order valence-electron chi connectivity index (χ0n) is 18.8. The van der Waals surface area contributed by atoms with Gasteiger partial charge < -0.3 is 19.2 Å². The number of benzene rings is 2. The highest BCUT2D eigenvalue weighted by Crippen LogP contribution is 2.31. The fraction of sp³-hybridized carbons (Fsp3) is 0.214. The average molecular weight is 454 g/mol. The number of carbonyl (C=O) groups excluding carboxylic acids is 2. The van der Waals surface area contributed by atoms with Gasteiger partial charge in [0.25, 0.3) is 0 Å². The van der Waals surface area contributed by atoms with Gasteiger partial charge in [0.05, 0.1) is 23.6 Å². The van der Waals surface area contributed by atoms with Gasteiger partial charge in [0, 0.05) is 25.4 Å². The molecule has 6 heteroatoms. The van der Waals surface area contributed by atoms with Crippen molar-refractivity contribution in [2.45, 2.75) is 31.2 Å². The number of hydrogen-bond donors (Lipinski definition) is 1. The number of likely N-dealkylation sites (tertiary alicyclic amines) is 1. The Labute approximate surface area is 198 Å². The molecule has 2 aromatic heterocycles. The van der Waals surface area contributed by atoms with Crippen LogP contribution in [0.2, 0.25) is 0 Å². The molecule has 3 heterocycles. The van der Waals surface area contributed by atoms with Crippen LogP contribution in [0, 0.1) is 0 Å². The first-order valence-electron chi connectivity index (χ1n) is 11.6. The molecule has 4 aromatic rings. The lowest BCUT2D eigenvalue weighted by atomic mass is 9.92. The number of nitrogens with one attached hydrogen (secondary N) is 1. The topological polar surface area (TPSA) is 67.5 Å². The van der Waals surface area contributed by atoms with Gasteiger partial charge >= 0.3 is 0 Å². The van der Waals surface area contributed by atoms with E-state index in [1.165, 1.54) is 0 Å². The van der Waals surface area contributed by atoms with Crippen molar-refractivity contribution in [3.05, 3.63) is 109 Å². The van der Waals surface area contributed by atoms with Crippen LogP contribution in [0.15, 0.2) is 102 Å². The van der Waals surface area contributed by atoms with Crippen molar-refractivity contribution in [3.63, 3.8) is 0 Å². The third kappa shape index (κ3) is 4.53. The Morgan fingerprint density at radius 1 is 0.941 bits per heavy atom. The van der Waals surface area contributed by atoms with Gasteiger partial charge in [-0.15, -0.1) is 0 Å². The maximum atomic E-state index is 13.4. The minimum absolute atomic E-state index is 0.0402. The number of aromatic nitrogens is 1. The molecule has 1 aliphatic rings. The third-order valence-electron chi connectivity index (χ3n) is 6.39. The number of anilines is 1. The van der Waals surface area contributed by atoms with Gasteiger partial charge in [-0.05, 0) is 54.8 Å². The highest BCUT2D eigenvalue weighted by atomic mass is 16.3. The summed E-state index contributed by atoms with van der Waals surface area (Å²) in [4.78, 5) is 28.5. The van der Waals surface area contributed by atoms with Crippen LogP contribution in [0.1, 0.15) is 36.5 Å². The summed E-state index contributed by atoms with van der Waals surface area (Å²) in [5.74, 6) is 0.365. The summed E-state index contributed by atoms with van der Waals surface area (Å²) in [6.45, 7) is 0.579. The highest BCUT2D eigenvalue weighted by Gasteiger charge is 2.35. The smallest absolute Gasteiger partial charge is 0.247 e. The molecule has 0 spiro atoms. The van der Waals surface area contributed by atoms with E-state index in [0.29, 0.717) is 13.0 Å². The van der Waals surface area contributed by atoms with Crippen LogP contribution in [-0.4, -0.2) is 33.9 Å². The van der Waals surface area contributed by atoms with Crippen LogP contribution in [0.3, 0.4) is 0 Å². The molecule has 1 N–H and O–H groups in total. The monoisotopic (exact) mass is 453 g/mol. The average Bonchev–Trinajstić information content (AvgIpc) is 3.65. The number of para-hydroxylation sites is 2. The van der Waals surface area contributed by atoms with Crippen LogP contribution in [0.4, 0.5) is 5.69 Å². The van der Waals surface area contributed by atoms with Crippen molar-refractivity contribution in [2.24, 2.45) is 0 Å². The molecule has 172 valence electrons. The maximum absolute atomic E-state index is 13.4. The second-order valence-electron chi connectivity index (χ2n) is 8.52. The second kappa shape index (κ2) is 9.83. The van der Waals surface area contributed by atoms with E-state index in [4.69, 9.17) is 4.42 Å². The summed E-state index contributed by atoms with van der Waals surface area (Å²) in [5, 5.41) is 3.07. The number of amides is 2. The van der Waals surface area contributed by atoms with E-state index in [1.807, 2.05) is 95.8 Å². The van der Waals surface area contributed by atoms with Gasteiger partial charge in [0.1, 0.15) is 11.8 Å². The minimum atomic E-state index is -0.488. The molecular formula is C28H27N3O3. The van der Waals surface area contributed by atoms with Crippen molar-refractivity contribution in [2.75, 3.05) is 11.9 Å². The van der Waals surface area contributed by atoms with Gasteiger partial charge in [0.15, 0.2) is 0 Å². The first-order chi connectivity index (χ1) is 16.7. The molecule has 0 aliphatic carbocycles. The molecule has 6 nitrogen and oxygen atoms in total. The Balaban J connectivity index is 1.33. The molecule has 2 aromatic carbocycles. The molecule has 2 atom stereocenters. The van der Waals surface area contributed by atoms with E-state index in [1.54, 1.807) is 11.2 Å². The summed E-state index contributed by atoms with van der Waals surface area (Å²) < 4.78 is 7.62. The highest BCUT2D eigenvalue weighted by molar-refractivity contribution is 5.99. The van der Waals surface area contributed by atoms with E-state index < -0.39 is 6.04 Å². The summed E-state index contributed by atoms with van der Waals surface area (Å²) in [6, 6.07) is 24.7. The number of carbonyl (C=O) groups is 2. The van der Waals surface area contributed by atoms with Crippen LogP contribution < -0.4 is 5.32 Å². The van der Waals surface area contributed by atoms with Gasteiger partial charge in [-0.2, -0.15) is 0 Å². The molecule has 0 bridgehead atoms. The van der Waals surface area contributed by atoms with Gasteiger partial charge in [0.2, 0.25) is 11.8 Å². The molecule has 0 radical (unpaired) electrons. The zero-order chi connectivity index (χ0) is 23.3. The molecule has 2 amide bonds. The Kier molecular flexibility index (Phi) is 6.29. The molecular weight excluding hydrogens is 426 g/mol. The third-order valence-corrected chi connectivity index (χ3v) is 6.39. The predicted molar refractivity (Wildman–Crippen MR) is 131 cm³/mol. The Morgan fingerprint density at radius 2 is 1.71 bits per heavy atom. The number of furan rings is 1. The van der Waals surface area contributed by atoms with E-state index in [-0.39, 0.29) is 24.2 Å². The van der Waals surface area contributed by atoms with Crippen LogP contribution >= 0.6 is 0 Å². The largest absolute Gasteiger partial charge is 0.469 e. The normalized spacial score (nSPS) is 16.4. The predicted octanol–water partition coefficient (Wildman–Crippen LogP) is 5.22. The standard InChI is InChI=1S/C28H27N3O3/c32-27(20-22(26-15-9-19-34-26)21-10-2-1-3-11-21)31-18-8-14-25(31)28(33)29-23-12-4-5-13-24(23)30-16-6-7-17-30/h1-7,9-13,15-17,19,22,25H,8,14,18,20H2,(H,29,33)/t22?,25-/m0/s1. The molecule has 1 unspecified atom stereocenters. The lowest BCUT2D eigenvalue weighted by Crippen LogP contribution is -2.43. The van der Waals surface area contributed by atoms with Crippen molar-refractivity contribution < 1.29 is 14.0 Å². The summed E-state index contributed by atoms with van der Waals surface area (Å²) in [6.07, 6.45) is 7.22. The fourth-order valence-electron chi connectivity index (χ4n) is 4.70. The number of hydrogen-bond acceptors (Lipinski definition) is 3. The Hall–Kier alpha value is -4.06. The second-order valence-corrected chi connectivity index (χ2v) is 8.52. The first kappa shape index (κ1) is 21.8. The van der Waals surface area contributed by atoms with Crippen molar-refractivity contribution >= 4 is 17.5 Å². The molecule has 1 saturated heterocycles. The lowest BCUT2D eigenvalue weighted by Gasteiger charge is -2.26. The lowest BCUT2D eigenvalue weighted by molar-refractivity contribution is -0.136. The van der Waals surface area contributed by atoms with E-state index in [2.05, 4.69) is 5.32 Å². The van der Waals surface area contributed by atoms with Crippen LogP contribution in [0.5, 0.6) is 0 Å². The fourth-order valence-corrected chi connectivity index (χ4v) is 4.70. The van der Waals surface area contributed by atoms with Gasteiger partial charge in [-0.3, -0.25) is 9.59 Å². The zero-order valence-corrected chi connectivity index (χ0v) is 18.8. The molecule has 34 heavy (non-hydrogen) atoms. The van der Waals surface area contributed by atoms with E-state index >= 15 is 0 Å².